The second-order valence-electron chi connectivity index (χ2n) is 6.05. The predicted octanol–water partition coefficient (Wildman–Crippen LogP) is 2.57. The number of nitrogens with zero attached hydrogens (tertiary/aromatic N) is 2. The summed E-state index contributed by atoms with van der Waals surface area (Å²) in [5, 5.41) is 3.05. The molecular formula is C16H25N3O. The number of likely N-dealkylation sites (N-methyl/N-ethyl adjacent to an activating group) is 1. The average molecular weight is 275 g/mol. The van der Waals surface area contributed by atoms with Gasteiger partial charge in [-0.1, -0.05) is 0 Å². The van der Waals surface area contributed by atoms with Gasteiger partial charge in [0.2, 0.25) is 5.91 Å². The highest BCUT2D eigenvalue weighted by atomic mass is 16.2. The topological polar surface area (TPSA) is 35.6 Å². The van der Waals surface area contributed by atoms with E-state index in [0.29, 0.717) is 0 Å². The zero-order valence-electron chi connectivity index (χ0n) is 12.9. The number of nitrogens with one attached hydrogen (secondary N) is 1. The van der Waals surface area contributed by atoms with Crippen molar-refractivity contribution in [1.82, 2.24) is 4.90 Å². The molecule has 1 heterocycles. The van der Waals surface area contributed by atoms with E-state index in [2.05, 4.69) is 10.2 Å². The number of hydrogen-bond acceptors (Lipinski definition) is 3. The summed E-state index contributed by atoms with van der Waals surface area (Å²) < 4.78 is 0. The normalized spacial score (nSPS) is 23.4. The molecule has 1 fully saturated rings. The first-order valence-electron chi connectivity index (χ1n) is 7.23. The van der Waals surface area contributed by atoms with E-state index in [9.17, 15) is 4.79 Å². The first-order valence-corrected chi connectivity index (χ1v) is 7.23. The Hall–Kier alpha value is -1.55. The fourth-order valence-corrected chi connectivity index (χ4v) is 2.65. The van der Waals surface area contributed by atoms with E-state index in [-0.39, 0.29) is 5.91 Å². The van der Waals surface area contributed by atoms with Gasteiger partial charge in [0, 0.05) is 25.5 Å². The van der Waals surface area contributed by atoms with Crippen LogP contribution in [0.2, 0.25) is 0 Å². The van der Waals surface area contributed by atoms with Crippen molar-refractivity contribution in [3.05, 3.63) is 24.3 Å². The van der Waals surface area contributed by atoms with Crippen LogP contribution in [0.5, 0.6) is 0 Å². The lowest BCUT2D eigenvalue weighted by Gasteiger charge is -2.41. The summed E-state index contributed by atoms with van der Waals surface area (Å²) in [7, 11) is 6.05. The van der Waals surface area contributed by atoms with Gasteiger partial charge >= 0.3 is 0 Å². The van der Waals surface area contributed by atoms with Crippen molar-refractivity contribution in [2.45, 2.75) is 31.7 Å². The zero-order valence-corrected chi connectivity index (χ0v) is 12.9. The number of carbonyl (C=O) groups is 1. The van der Waals surface area contributed by atoms with Gasteiger partial charge in [0.1, 0.15) is 0 Å². The number of anilines is 2. The van der Waals surface area contributed by atoms with Crippen molar-refractivity contribution in [2.24, 2.45) is 0 Å². The van der Waals surface area contributed by atoms with Gasteiger partial charge in [0.15, 0.2) is 0 Å². The van der Waals surface area contributed by atoms with Crippen molar-refractivity contribution >= 4 is 17.3 Å². The largest absolute Gasteiger partial charge is 0.378 e. The molecule has 1 aromatic carbocycles. The van der Waals surface area contributed by atoms with Crippen LogP contribution < -0.4 is 10.2 Å². The molecule has 0 aliphatic carbocycles. The monoisotopic (exact) mass is 275 g/mol. The highest BCUT2D eigenvalue weighted by Crippen LogP contribution is 2.28. The Balaban J connectivity index is 2.07. The van der Waals surface area contributed by atoms with Crippen LogP contribution in [0.4, 0.5) is 11.4 Å². The number of amides is 1. The maximum atomic E-state index is 12.6. The lowest BCUT2D eigenvalue weighted by molar-refractivity contribution is -0.128. The average Bonchev–Trinajstić information content (AvgIpc) is 2.42. The second kappa shape index (κ2) is 5.83. The van der Waals surface area contributed by atoms with E-state index in [1.807, 2.05) is 57.2 Å². The summed E-state index contributed by atoms with van der Waals surface area (Å²) in [5.74, 6) is 0.0947. The fraction of sp³-hybridized carbons (Fsp3) is 0.562. The van der Waals surface area contributed by atoms with Gasteiger partial charge in [-0.05, 0) is 64.0 Å². The molecule has 1 aromatic rings. The molecule has 0 bridgehead atoms. The van der Waals surface area contributed by atoms with Gasteiger partial charge in [0.05, 0.1) is 5.54 Å². The maximum absolute atomic E-state index is 12.6. The van der Waals surface area contributed by atoms with Crippen LogP contribution in [0.25, 0.3) is 0 Å². The van der Waals surface area contributed by atoms with Crippen LogP contribution in [-0.4, -0.2) is 44.0 Å². The van der Waals surface area contributed by atoms with Crippen LogP contribution in [0, 0.1) is 0 Å². The molecule has 4 nitrogen and oxygen atoms in total. The molecule has 0 radical (unpaired) electrons. The molecule has 20 heavy (non-hydrogen) atoms. The van der Waals surface area contributed by atoms with Gasteiger partial charge in [-0.2, -0.15) is 0 Å². The minimum absolute atomic E-state index is 0.0947. The van der Waals surface area contributed by atoms with Gasteiger partial charge in [-0.3, -0.25) is 9.69 Å². The Morgan fingerprint density at radius 3 is 2.45 bits per heavy atom. The van der Waals surface area contributed by atoms with E-state index < -0.39 is 5.54 Å². The summed E-state index contributed by atoms with van der Waals surface area (Å²) in [6.07, 6.45) is 3.22. The number of carbonyl (C=O) groups excluding carboxylic acids is 1. The van der Waals surface area contributed by atoms with Crippen molar-refractivity contribution in [3.63, 3.8) is 0 Å². The molecule has 2 rings (SSSR count). The maximum Gasteiger partial charge on any atom is 0.244 e. The standard InChI is InChI=1S/C16H25N3O/c1-16(11-5-6-12-19(16)4)15(20)17-13-7-9-14(10-8-13)18(2)3/h7-10H,5-6,11-12H2,1-4H3,(H,17,20). The summed E-state index contributed by atoms with van der Waals surface area (Å²) >= 11 is 0. The molecular weight excluding hydrogens is 250 g/mol. The Morgan fingerprint density at radius 1 is 1.25 bits per heavy atom. The lowest BCUT2D eigenvalue weighted by atomic mass is 9.88. The Kier molecular flexibility index (Phi) is 4.33. The van der Waals surface area contributed by atoms with Gasteiger partial charge < -0.3 is 10.2 Å². The molecule has 1 atom stereocenters. The molecule has 0 saturated carbocycles. The summed E-state index contributed by atoms with van der Waals surface area (Å²) in [5.41, 5.74) is 1.60. The quantitative estimate of drug-likeness (QED) is 0.921. The number of rotatable bonds is 3. The second-order valence-corrected chi connectivity index (χ2v) is 6.05. The number of piperidine rings is 1. The molecule has 1 amide bonds. The van der Waals surface area contributed by atoms with Crippen LogP contribution in [-0.2, 0) is 4.79 Å². The predicted molar refractivity (Wildman–Crippen MR) is 84.3 cm³/mol. The van der Waals surface area contributed by atoms with Crippen LogP contribution in [0.15, 0.2) is 24.3 Å². The number of likely N-dealkylation sites (tertiary alicyclic amines) is 1. The summed E-state index contributed by atoms with van der Waals surface area (Å²) in [4.78, 5) is 16.8. The third-order valence-corrected chi connectivity index (χ3v) is 4.38. The van der Waals surface area contributed by atoms with E-state index in [1.165, 1.54) is 6.42 Å². The molecule has 110 valence electrons. The SMILES string of the molecule is CN(C)c1ccc(NC(=O)C2(C)CCCCN2C)cc1. The Bertz CT molecular complexity index is 469. The highest BCUT2D eigenvalue weighted by Gasteiger charge is 2.38. The van der Waals surface area contributed by atoms with Crippen LogP contribution >= 0.6 is 0 Å². The van der Waals surface area contributed by atoms with Crippen molar-refractivity contribution in [3.8, 4) is 0 Å². The minimum atomic E-state index is -0.390. The first kappa shape index (κ1) is 14.9. The first-order chi connectivity index (χ1) is 9.43. The highest BCUT2D eigenvalue weighted by molar-refractivity contribution is 5.98. The van der Waals surface area contributed by atoms with Crippen molar-refractivity contribution < 1.29 is 4.79 Å². The third kappa shape index (κ3) is 2.96. The van der Waals surface area contributed by atoms with Gasteiger partial charge in [0.25, 0.3) is 0 Å². The van der Waals surface area contributed by atoms with E-state index >= 15 is 0 Å². The Morgan fingerprint density at radius 2 is 1.90 bits per heavy atom. The Labute approximate surface area is 121 Å². The molecule has 4 heteroatoms. The molecule has 1 saturated heterocycles. The minimum Gasteiger partial charge on any atom is -0.378 e. The zero-order chi connectivity index (χ0) is 14.8. The number of benzene rings is 1. The summed E-state index contributed by atoms with van der Waals surface area (Å²) in [6.45, 7) is 3.03. The lowest BCUT2D eigenvalue weighted by Crippen LogP contribution is -2.55. The molecule has 1 aliphatic heterocycles. The molecule has 0 spiro atoms. The fourth-order valence-electron chi connectivity index (χ4n) is 2.65. The molecule has 1 unspecified atom stereocenters. The molecule has 1 N–H and O–H groups in total. The summed E-state index contributed by atoms with van der Waals surface area (Å²) in [6, 6.07) is 7.95. The molecule has 1 aliphatic rings. The van der Waals surface area contributed by atoms with Crippen molar-refractivity contribution in [1.29, 1.82) is 0 Å². The smallest absolute Gasteiger partial charge is 0.244 e. The van der Waals surface area contributed by atoms with E-state index in [0.717, 1.165) is 30.8 Å². The van der Waals surface area contributed by atoms with E-state index in [1.54, 1.807) is 0 Å². The van der Waals surface area contributed by atoms with E-state index in [4.69, 9.17) is 0 Å². The third-order valence-electron chi connectivity index (χ3n) is 4.38. The van der Waals surface area contributed by atoms with Crippen molar-refractivity contribution in [2.75, 3.05) is 37.9 Å². The van der Waals surface area contributed by atoms with Gasteiger partial charge in [-0.25, -0.2) is 0 Å². The van der Waals surface area contributed by atoms with Gasteiger partial charge in [-0.15, -0.1) is 0 Å². The van der Waals surface area contributed by atoms with Crippen LogP contribution in [0.1, 0.15) is 26.2 Å². The molecule has 0 aromatic heterocycles. The number of hydrogen-bond donors (Lipinski definition) is 1. The van der Waals surface area contributed by atoms with Crippen LogP contribution in [0.3, 0.4) is 0 Å².